The zero-order valence-corrected chi connectivity index (χ0v) is 13.5. The molecular formula is C15H18BrNOS. The number of hydrogen-bond donors (Lipinski definition) is 1. The van der Waals surface area contributed by atoms with Gasteiger partial charge in [0, 0.05) is 27.8 Å². The Kier molecular flexibility index (Phi) is 4.79. The van der Waals surface area contributed by atoms with Crippen LogP contribution < -0.4 is 0 Å². The summed E-state index contributed by atoms with van der Waals surface area (Å²) in [5.74, 6) is 0. The first-order valence-corrected chi connectivity index (χ1v) is 7.84. The van der Waals surface area contributed by atoms with Crippen LogP contribution in [0.3, 0.4) is 0 Å². The Labute approximate surface area is 126 Å². The van der Waals surface area contributed by atoms with E-state index in [0.717, 1.165) is 16.6 Å². The van der Waals surface area contributed by atoms with E-state index in [9.17, 15) is 5.11 Å². The molecule has 0 amide bonds. The SMILES string of the molecule is CN(Cc1cc(Br)cs1)CC(C)(O)c1ccccc1. The standard InChI is InChI=1S/C15H18BrNOS/c1-15(18,12-6-4-3-5-7-12)11-17(2)9-14-8-13(16)10-19-14/h3-8,10,18H,9,11H2,1-2H3. The third kappa shape index (κ3) is 4.14. The third-order valence-corrected chi connectivity index (χ3v) is 4.70. The number of halogens is 1. The maximum atomic E-state index is 10.6. The number of likely N-dealkylation sites (N-methyl/N-ethyl adjacent to an activating group) is 1. The summed E-state index contributed by atoms with van der Waals surface area (Å²) in [5, 5.41) is 12.7. The largest absolute Gasteiger partial charge is 0.384 e. The van der Waals surface area contributed by atoms with Crippen molar-refractivity contribution in [3.63, 3.8) is 0 Å². The number of nitrogens with zero attached hydrogens (tertiary/aromatic N) is 1. The number of rotatable bonds is 5. The first-order valence-electron chi connectivity index (χ1n) is 6.17. The summed E-state index contributed by atoms with van der Waals surface area (Å²) >= 11 is 5.19. The maximum Gasteiger partial charge on any atom is 0.0994 e. The van der Waals surface area contributed by atoms with Crippen LogP contribution in [0.15, 0.2) is 46.3 Å². The average Bonchev–Trinajstić information content (AvgIpc) is 2.75. The molecule has 0 aliphatic rings. The van der Waals surface area contributed by atoms with Crippen molar-refractivity contribution in [2.75, 3.05) is 13.6 Å². The van der Waals surface area contributed by atoms with Gasteiger partial charge in [0.25, 0.3) is 0 Å². The Bertz CT molecular complexity index is 524. The summed E-state index contributed by atoms with van der Waals surface area (Å²) < 4.78 is 1.12. The van der Waals surface area contributed by atoms with E-state index in [1.54, 1.807) is 11.3 Å². The van der Waals surface area contributed by atoms with E-state index in [1.165, 1.54) is 4.88 Å². The minimum absolute atomic E-state index is 0.604. The second-order valence-electron chi connectivity index (χ2n) is 5.04. The molecule has 1 atom stereocenters. The van der Waals surface area contributed by atoms with Crippen molar-refractivity contribution in [2.45, 2.75) is 19.1 Å². The average molecular weight is 340 g/mol. The molecule has 0 radical (unpaired) electrons. The van der Waals surface area contributed by atoms with Gasteiger partial charge in [-0.25, -0.2) is 0 Å². The molecule has 0 saturated heterocycles. The fraction of sp³-hybridized carbons (Fsp3) is 0.333. The Balaban J connectivity index is 2.00. The molecule has 0 saturated carbocycles. The Morgan fingerprint density at radius 2 is 2.00 bits per heavy atom. The molecule has 0 fully saturated rings. The van der Waals surface area contributed by atoms with Crippen molar-refractivity contribution in [1.82, 2.24) is 4.90 Å². The van der Waals surface area contributed by atoms with Crippen LogP contribution in [-0.2, 0) is 12.1 Å². The Morgan fingerprint density at radius 1 is 1.32 bits per heavy atom. The molecule has 4 heteroatoms. The summed E-state index contributed by atoms with van der Waals surface area (Å²) in [6.45, 7) is 3.31. The molecule has 0 aliphatic carbocycles. The molecule has 1 N–H and O–H groups in total. The van der Waals surface area contributed by atoms with Gasteiger partial charge in [-0.2, -0.15) is 0 Å². The molecule has 0 aliphatic heterocycles. The van der Waals surface area contributed by atoms with Gasteiger partial charge in [-0.1, -0.05) is 30.3 Å². The van der Waals surface area contributed by atoms with Gasteiger partial charge in [-0.3, -0.25) is 4.90 Å². The van der Waals surface area contributed by atoms with Crippen LogP contribution in [0.2, 0.25) is 0 Å². The molecule has 2 aromatic rings. The molecule has 1 aromatic heterocycles. The molecule has 1 unspecified atom stereocenters. The van der Waals surface area contributed by atoms with E-state index in [4.69, 9.17) is 0 Å². The summed E-state index contributed by atoms with van der Waals surface area (Å²) in [6, 6.07) is 11.9. The summed E-state index contributed by atoms with van der Waals surface area (Å²) in [6.07, 6.45) is 0. The highest BCUT2D eigenvalue weighted by Gasteiger charge is 2.24. The predicted octanol–water partition coefficient (Wildman–Crippen LogP) is 3.85. The fourth-order valence-electron chi connectivity index (χ4n) is 2.17. The van der Waals surface area contributed by atoms with Crippen molar-refractivity contribution >= 4 is 27.3 Å². The van der Waals surface area contributed by atoms with Crippen LogP contribution in [0.4, 0.5) is 0 Å². The predicted molar refractivity (Wildman–Crippen MR) is 84.4 cm³/mol. The van der Waals surface area contributed by atoms with Gasteiger partial charge in [0.05, 0.1) is 5.60 Å². The summed E-state index contributed by atoms with van der Waals surface area (Å²) in [7, 11) is 2.03. The van der Waals surface area contributed by atoms with E-state index in [1.807, 2.05) is 44.3 Å². The number of hydrogen-bond acceptors (Lipinski definition) is 3. The lowest BCUT2D eigenvalue weighted by Gasteiger charge is -2.29. The van der Waals surface area contributed by atoms with Crippen molar-refractivity contribution in [1.29, 1.82) is 0 Å². The molecule has 2 nitrogen and oxygen atoms in total. The molecule has 0 spiro atoms. The summed E-state index contributed by atoms with van der Waals surface area (Å²) in [4.78, 5) is 3.43. The molecule has 102 valence electrons. The van der Waals surface area contributed by atoms with Gasteiger partial charge in [0.15, 0.2) is 0 Å². The zero-order chi connectivity index (χ0) is 13.9. The molecule has 1 heterocycles. The fourth-order valence-corrected chi connectivity index (χ4v) is 3.70. The van der Waals surface area contributed by atoms with Crippen LogP contribution in [-0.4, -0.2) is 23.6 Å². The highest BCUT2D eigenvalue weighted by atomic mass is 79.9. The lowest BCUT2D eigenvalue weighted by atomic mass is 9.95. The van der Waals surface area contributed by atoms with Gasteiger partial charge in [-0.05, 0) is 41.5 Å². The second-order valence-corrected chi connectivity index (χ2v) is 6.95. The zero-order valence-electron chi connectivity index (χ0n) is 11.1. The topological polar surface area (TPSA) is 23.5 Å². The van der Waals surface area contributed by atoms with Gasteiger partial charge < -0.3 is 5.11 Å². The highest BCUT2D eigenvalue weighted by molar-refractivity contribution is 9.10. The quantitative estimate of drug-likeness (QED) is 0.894. The van der Waals surface area contributed by atoms with E-state index < -0.39 is 5.60 Å². The van der Waals surface area contributed by atoms with Crippen molar-refractivity contribution in [3.05, 3.63) is 56.7 Å². The minimum Gasteiger partial charge on any atom is -0.384 e. The van der Waals surface area contributed by atoms with Crippen LogP contribution in [0, 0.1) is 0 Å². The van der Waals surface area contributed by atoms with E-state index in [2.05, 4.69) is 32.3 Å². The van der Waals surface area contributed by atoms with Gasteiger partial charge in [-0.15, -0.1) is 11.3 Å². The monoisotopic (exact) mass is 339 g/mol. The van der Waals surface area contributed by atoms with Crippen LogP contribution >= 0.6 is 27.3 Å². The molecule has 2 rings (SSSR count). The lowest BCUT2D eigenvalue weighted by Crippen LogP contribution is -2.36. The van der Waals surface area contributed by atoms with Crippen LogP contribution in [0.25, 0.3) is 0 Å². The first kappa shape index (κ1) is 14.7. The lowest BCUT2D eigenvalue weighted by molar-refractivity contribution is 0.0216. The van der Waals surface area contributed by atoms with Crippen LogP contribution in [0.5, 0.6) is 0 Å². The van der Waals surface area contributed by atoms with Gasteiger partial charge in [0.1, 0.15) is 0 Å². The van der Waals surface area contributed by atoms with Crippen molar-refractivity contribution in [3.8, 4) is 0 Å². The highest BCUT2D eigenvalue weighted by Crippen LogP contribution is 2.24. The number of aliphatic hydroxyl groups is 1. The third-order valence-electron chi connectivity index (χ3n) is 3.02. The van der Waals surface area contributed by atoms with E-state index >= 15 is 0 Å². The molecule has 0 bridgehead atoms. The van der Waals surface area contributed by atoms with E-state index in [0.29, 0.717) is 6.54 Å². The second kappa shape index (κ2) is 6.18. The first-order chi connectivity index (χ1) is 8.97. The normalized spacial score (nSPS) is 14.6. The van der Waals surface area contributed by atoms with Crippen molar-refractivity contribution in [2.24, 2.45) is 0 Å². The smallest absolute Gasteiger partial charge is 0.0994 e. The van der Waals surface area contributed by atoms with Crippen molar-refractivity contribution < 1.29 is 5.11 Å². The Hall–Kier alpha value is -0.680. The van der Waals surface area contributed by atoms with E-state index in [-0.39, 0.29) is 0 Å². The van der Waals surface area contributed by atoms with Gasteiger partial charge in [0.2, 0.25) is 0 Å². The molecule has 19 heavy (non-hydrogen) atoms. The van der Waals surface area contributed by atoms with Gasteiger partial charge >= 0.3 is 0 Å². The maximum absolute atomic E-state index is 10.6. The molecular weight excluding hydrogens is 322 g/mol. The molecule has 1 aromatic carbocycles. The number of benzene rings is 1. The summed E-state index contributed by atoms with van der Waals surface area (Å²) in [5.41, 5.74) is 0.124. The number of thiophene rings is 1. The Morgan fingerprint density at radius 3 is 2.58 bits per heavy atom. The minimum atomic E-state index is -0.829. The van der Waals surface area contributed by atoms with Crippen LogP contribution in [0.1, 0.15) is 17.4 Å².